The van der Waals surface area contributed by atoms with Gasteiger partial charge in [0, 0.05) is 11.6 Å². The first-order valence-electron chi connectivity index (χ1n) is 5.75. The van der Waals surface area contributed by atoms with Crippen molar-refractivity contribution < 1.29 is 23.5 Å². The number of ether oxygens (including phenoxy) is 2. The van der Waals surface area contributed by atoms with Crippen LogP contribution in [0, 0.1) is 0 Å². The van der Waals surface area contributed by atoms with Crippen molar-refractivity contribution in [2.24, 2.45) is 10.9 Å². The standard InChI is InChI=1S/C13H11F2N3O3/c14-13(15)21-10-5-6-11(17-7-10)20-9-3-1-8(2-4-9)12(16)18-19/h1-7,13,19H,(H2,16,18). The molecule has 21 heavy (non-hydrogen) atoms. The molecule has 0 aliphatic heterocycles. The molecule has 1 aromatic heterocycles. The Kier molecular flexibility index (Phi) is 4.50. The molecule has 110 valence electrons. The summed E-state index contributed by atoms with van der Waals surface area (Å²) in [6.07, 6.45) is 1.13. The van der Waals surface area contributed by atoms with E-state index < -0.39 is 6.61 Å². The van der Waals surface area contributed by atoms with Gasteiger partial charge in [-0.1, -0.05) is 5.16 Å². The average Bonchev–Trinajstić information content (AvgIpc) is 2.49. The van der Waals surface area contributed by atoms with E-state index in [9.17, 15) is 8.78 Å². The number of alkyl halides is 2. The fourth-order valence-corrected chi connectivity index (χ4v) is 1.47. The van der Waals surface area contributed by atoms with E-state index in [0.29, 0.717) is 11.3 Å². The van der Waals surface area contributed by atoms with E-state index in [1.54, 1.807) is 24.3 Å². The number of amidine groups is 1. The molecule has 0 aliphatic rings. The Morgan fingerprint density at radius 1 is 1.14 bits per heavy atom. The van der Waals surface area contributed by atoms with Crippen LogP contribution in [0.2, 0.25) is 0 Å². The van der Waals surface area contributed by atoms with Crippen molar-refractivity contribution in [2.75, 3.05) is 0 Å². The maximum atomic E-state index is 12.0. The monoisotopic (exact) mass is 295 g/mol. The summed E-state index contributed by atoms with van der Waals surface area (Å²) in [7, 11) is 0. The molecule has 2 aromatic rings. The van der Waals surface area contributed by atoms with Gasteiger partial charge in [-0.15, -0.1) is 0 Å². The third kappa shape index (κ3) is 4.03. The van der Waals surface area contributed by atoms with Gasteiger partial charge in [-0.05, 0) is 30.3 Å². The largest absolute Gasteiger partial charge is 0.439 e. The first kappa shape index (κ1) is 14.5. The lowest BCUT2D eigenvalue weighted by Gasteiger charge is -2.07. The fourth-order valence-electron chi connectivity index (χ4n) is 1.47. The Balaban J connectivity index is 2.04. The van der Waals surface area contributed by atoms with Crippen LogP contribution in [0.4, 0.5) is 8.78 Å². The number of hydrogen-bond donors (Lipinski definition) is 2. The number of aromatic nitrogens is 1. The molecule has 0 aliphatic carbocycles. The highest BCUT2D eigenvalue weighted by Crippen LogP contribution is 2.22. The number of hydrogen-bond acceptors (Lipinski definition) is 5. The second kappa shape index (κ2) is 6.51. The smallest absolute Gasteiger partial charge is 0.387 e. The summed E-state index contributed by atoms with van der Waals surface area (Å²) in [5.74, 6) is 0.598. The number of benzene rings is 1. The predicted molar refractivity (Wildman–Crippen MR) is 69.9 cm³/mol. The van der Waals surface area contributed by atoms with Gasteiger partial charge < -0.3 is 20.4 Å². The van der Waals surface area contributed by atoms with E-state index in [4.69, 9.17) is 15.7 Å². The minimum atomic E-state index is -2.90. The Morgan fingerprint density at radius 3 is 2.33 bits per heavy atom. The molecule has 0 atom stereocenters. The molecule has 0 bridgehead atoms. The molecule has 0 spiro atoms. The van der Waals surface area contributed by atoms with Crippen LogP contribution < -0.4 is 15.2 Å². The number of nitrogens with two attached hydrogens (primary N) is 1. The molecule has 2 rings (SSSR count). The summed E-state index contributed by atoms with van der Waals surface area (Å²) in [6.45, 7) is -2.90. The summed E-state index contributed by atoms with van der Waals surface area (Å²) in [6, 6.07) is 9.10. The molecule has 3 N–H and O–H groups in total. The van der Waals surface area contributed by atoms with Gasteiger partial charge in [-0.2, -0.15) is 8.78 Å². The van der Waals surface area contributed by atoms with E-state index >= 15 is 0 Å². The van der Waals surface area contributed by atoms with Crippen molar-refractivity contribution in [3.05, 3.63) is 48.2 Å². The molecule has 0 radical (unpaired) electrons. The number of pyridine rings is 1. The quantitative estimate of drug-likeness (QED) is 0.383. The number of oxime groups is 1. The van der Waals surface area contributed by atoms with E-state index in [0.717, 1.165) is 6.20 Å². The Bertz CT molecular complexity index is 616. The van der Waals surface area contributed by atoms with Crippen LogP contribution in [0.25, 0.3) is 0 Å². The van der Waals surface area contributed by atoms with Crippen LogP contribution in [0.1, 0.15) is 5.56 Å². The van der Waals surface area contributed by atoms with Gasteiger partial charge in [-0.3, -0.25) is 0 Å². The molecule has 8 heteroatoms. The zero-order chi connectivity index (χ0) is 15.2. The topological polar surface area (TPSA) is 90.0 Å². The van der Waals surface area contributed by atoms with Gasteiger partial charge in [0.15, 0.2) is 5.84 Å². The van der Waals surface area contributed by atoms with Gasteiger partial charge in [0.05, 0.1) is 6.20 Å². The molecule has 1 heterocycles. The second-order valence-electron chi connectivity index (χ2n) is 3.82. The Hall–Kier alpha value is -2.90. The average molecular weight is 295 g/mol. The van der Waals surface area contributed by atoms with Crippen molar-refractivity contribution in [2.45, 2.75) is 6.61 Å². The van der Waals surface area contributed by atoms with Crippen LogP contribution in [0.15, 0.2) is 47.8 Å². The lowest BCUT2D eigenvalue weighted by Crippen LogP contribution is -2.12. The van der Waals surface area contributed by atoms with Crippen LogP contribution in [-0.4, -0.2) is 22.6 Å². The van der Waals surface area contributed by atoms with Crippen LogP contribution in [0.5, 0.6) is 17.4 Å². The molecule has 1 aromatic carbocycles. The third-order valence-corrected chi connectivity index (χ3v) is 2.41. The highest BCUT2D eigenvalue weighted by molar-refractivity contribution is 5.97. The first-order chi connectivity index (χ1) is 10.1. The van der Waals surface area contributed by atoms with Crippen molar-refractivity contribution in [1.82, 2.24) is 4.98 Å². The highest BCUT2D eigenvalue weighted by Gasteiger charge is 2.06. The number of halogens is 2. The minimum Gasteiger partial charge on any atom is -0.439 e. The SMILES string of the molecule is N/C(=N\O)c1ccc(Oc2ccc(OC(F)F)cn2)cc1. The molecule has 0 saturated heterocycles. The van der Waals surface area contributed by atoms with Gasteiger partial charge in [0.2, 0.25) is 5.88 Å². The molecule has 0 saturated carbocycles. The normalized spacial score (nSPS) is 11.5. The van der Waals surface area contributed by atoms with E-state index in [-0.39, 0.29) is 17.5 Å². The molecule has 0 fully saturated rings. The van der Waals surface area contributed by atoms with Gasteiger partial charge >= 0.3 is 6.61 Å². The summed E-state index contributed by atoms with van der Waals surface area (Å²) < 4.78 is 33.5. The summed E-state index contributed by atoms with van der Waals surface area (Å²) in [4.78, 5) is 3.83. The maximum Gasteiger partial charge on any atom is 0.387 e. The van der Waals surface area contributed by atoms with Gasteiger partial charge in [0.1, 0.15) is 11.5 Å². The molecular formula is C13H11F2N3O3. The van der Waals surface area contributed by atoms with Crippen molar-refractivity contribution in [3.8, 4) is 17.4 Å². The highest BCUT2D eigenvalue weighted by atomic mass is 19.3. The van der Waals surface area contributed by atoms with E-state index in [1.807, 2.05) is 0 Å². The van der Waals surface area contributed by atoms with Crippen molar-refractivity contribution >= 4 is 5.84 Å². The molecule has 6 nitrogen and oxygen atoms in total. The van der Waals surface area contributed by atoms with E-state index in [2.05, 4.69) is 14.9 Å². The van der Waals surface area contributed by atoms with Gasteiger partial charge in [0.25, 0.3) is 0 Å². The number of rotatable bonds is 5. The fraction of sp³-hybridized carbons (Fsp3) is 0.0769. The maximum absolute atomic E-state index is 12.0. The summed E-state index contributed by atoms with van der Waals surface area (Å²) in [5.41, 5.74) is 5.95. The molecular weight excluding hydrogens is 284 g/mol. The van der Waals surface area contributed by atoms with E-state index in [1.165, 1.54) is 12.1 Å². The summed E-state index contributed by atoms with van der Waals surface area (Å²) in [5, 5.41) is 11.4. The predicted octanol–water partition coefficient (Wildman–Crippen LogP) is 2.57. The number of nitrogens with zero attached hydrogens (tertiary/aromatic N) is 2. The zero-order valence-electron chi connectivity index (χ0n) is 10.6. The molecule has 0 unspecified atom stereocenters. The third-order valence-electron chi connectivity index (χ3n) is 2.41. The van der Waals surface area contributed by atoms with Crippen LogP contribution >= 0.6 is 0 Å². The molecule has 0 amide bonds. The second-order valence-corrected chi connectivity index (χ2v) is 3.82. The van der Waals surface area contributed by atoms with Crippen molar-refractivity contribution in [3.63, 3.8) is 0 Å². The lowest BCUT2D eigenvalue weighted by atomic mass is 10.2. The Morgan fingerprint density at radius 2 is 1.81 bits per heavy atom. The van der Waals surface area contributed by atoms with Gasteiger partial charge in [-0.25, -0.2) is 4.98 Å². The van der Waals surface area contributed by atoms with Crippen LogP contribution in [0.3, 0.4) is 0 Å². The van der Waals surface area contributed by atoms with Crippen LogP contribution in [-0.2, 0) is 0 Å². The Labute approximate surface area is 118 Å². The minimum absolute atomic E-state index is 0.0202. The zero-order valence-corrected chi connectivity index (χ0v) is 10.6. The lowest BCUT2D eigenvalue weighted by molar-refractivity contribution is -0.0501. The summed E-state index contributed by atoms with van der Waals surface area (Å²) >= 11 is 0. The first-order valence-corrected chi connectivity index (χ1v) is 5.75. The van der Waals surface area contributed by atoms with Crippen molar-refractivity contribution in [1.29, 1.82) is 0 Å².